The summed E-state index contributed by atoms with van der Waals surface area (Å²) >= 11 is 1.30. The van der Waals surface area contributed by atoms with Gasteiger partial charge in [-0.05, 0) is 54.6 Å². The Labute approximate surface area is 183 Å². The van der Waals surface area contributed by atoms with Crippen molar-refractivity contribution in [1.82, 2.24) is 0 Å². The highest BCUT2D eigenvalue weighted by Crippen LogP contribution is 2.23. The second kappa shape index (κ2) is 10.3. The average molecular weight is 436 g/mol. The number of ether oxygens (including phenoxy) is 1. The molecule has 0 saturated carbocycles. The van der Waals surface area contributed by atoms with Gasteiger partial charge in [0, 0.05) is 21.8 Å². The van der Waals surface area contributed by atoms with E-state index in [9.17, 15) is 14.4 Å². The first kappa shape index (κ1) is 21.9. The van der Waals surface area contributed by atoms with E-state index in [0.29, 0.717) is 22.7 Å². The SMILES string of the molecule is COc1cccc(C(=O)Nc2cccc(SCC(=O)Nc3cccc(C(=O)O)c3)c2)c1. The Morgan fingerprint density at radius 3 is 2.29 bits per heavy atom. The molecule has 0 aliphatic rings. The third-order valence-corrected chi connectivity index (χ3v) is 5.18. The summed E-state index contributed by atoms with van der Waals surface area (Å²) in [5, 5.41) is 14.5. The maximum Gasteiger partial charge on any atom is 0.335 e. The van der Waals surface area contributed by atoms with Crippen LogP contribution in [0.2, 0.25) is 0 Å². The molecule has 0 spiro atoms. The highest BCUT2D eigenvalue weighted by atomic mass is 32.2. The fraction of sp³-hybridized carbons (Fsp3) is 0.0870. The number of benzene rings is 3. The number of thioether (sulfide) groups is 1. The first-order chi connectivity index (χ1) is 14.9. The van der Waals surface area contributed by atoms with Gasteiger partial charge in [0.1, 0.15) is 5.75 Å². The molecular weight excluding hydrogens is 416 g/mol. The molecule has 158 valence electrons. The quantitative estimate of drug-likeness (QED) is 0.453. The molecular formula is C23H20N2O5S. The lowest BCUT2D eigenvalue weighted by molar-refractivity contribution is -0.113. The van der Waals surface area contributed by atoms with Crippen molar-refractivity contribution in [3.05, 3.63) is 83.9 Å². The molecule has 0 aliphatic heterocycles. The van der Waals surface area contributed by atoms with Crippen LogP contribution in [0.4, 0.5) is 11.4 Å². The first-order valence-electron chi connectivity index (χ1n) is 9.26. The molecule has 0 fully saturated rings. The van der Waals surface area contributed by atoms with Crippen LogP contribution in [0.1, 0.15) is 20.7 Å². The Balaban J connectivity index is 1.57. The van der Waals surface area contributed by atoms with Crippen molar-refractivity contribution in [2.45, 2.75) is 4.90 Å². The number of carboxylic acid groups (broad SMARTS) is 1. The zero-order chi connectivity index (χ0) is 22.2. The Morgan fingerprint density at radius 2 is 1.55 bits per heavy atom. The third-order valence-electron chi connectivity index (χ3n) is 4.19. The van der Waals surface area contributed by atoms with Gasteiger partial charge >= 0.3 is 5.97 Å². The second-order valence-electron chi connectivity index (χ2n) is 6.44. The van der Waals surface area contributed by atoms with Crippen molar-refractivity contribution in [2.75, 3.05) is 23.5 Å². The Morgan fingerprint density at radius 1 is 0.871 bits per heavy atom. The fourth-order valence-electron chi connectivity index (χ4n) is 2.71. The molecule has 0 bridgehead atoms. The second-order valence-corrected chi connectivity index (χ2v) is 7.49. The van der Waals surface area contributed by atoms with Crippen LogP contribution in [0.5, 0.6) is 5.75 Å². The summed E-state index contributed by atoms with van der Waals surface area (Å²) in [4.78, 5) is 36.5. The number of rotatable bonds is 8. The minimum Gasteiger partial charge on any atom is -0.497 e. The number of carboxylic acids is 1. The van der Waals surface area contributed by atoms with Gasteiger partial charge in [-0.25, -0.2) is 4.79 Å². The lowest BCUT2D eigenvalue weighted by atomic mass is 10.2. The van der Waals surface area contributed by atoms with Crippen LogP contribution in [0.15, 0.2) is 77.7 Å². The van der Waals surface area contributed by atoms with E-state index >= 15 is 0 Å². The molecule has 0 atom stereocenters. The highest BCUT2D eigenvalue weighted by molar-refractivity contribution is 8.00. The van der Waals surface area contributed by atoms with Gasteiger partial charge in [-0.1, -0.05) is 18.2 Å². The standard InChI is InChI=1S/C23H20N2O5S/c1-30-19-9-3-5-15(12-19)22(27)25-18-8-4-10-20(13-18)31-14-21(26)24-17-7-2-6-16(11-17)23(28)29/h2-13H,14H2,1H3,(H,24,26)(H,25,27)(H,28,29). The number of amides is 2. The van der Waals surface area contributed by atoms with Gasteiger partial charge in [-0.15, -0.1) is 11.8 Å². The van der Waals surface area contributed by atoms with Gasteiger partial charge in [0.25, 0.3) is 5.91 Å². The molecule has 0 unspecified atom stereocenters. The van der Waals surface area contributed by atoms with Crippen molar-refractivity contribution in [2.24, 2.45) is 0 Å². The van der Waals surface area contributed by atoms with Crippen LogP contribution in [-0.4, -0.2) is 35.8 Å². The fourth-order valence-corrected chi connectivity index (χ4v) is 3.46. The molecule has 3 N–H and O–H groups in total. The Bertz CT molecular complexity index is 1120. The molecule has 0 aliphatic carbocycles. The number of hydrogen-bond acceptors (Lipinski definition) is 5. The maximum absolute atomic E-state index is 12.5. The van der Waals surface area contributed by atoms with Crippen molar-refractivity contribution in [3.63, 3.8) is 0 Å². The smallest absolute Gasteiger partial charge is 0.335 e. The molecule has 31 heavy (non-hydrogen) atoms. The lowest BCUT2D eigenvalue weighted by Gasteiger charge is -2.09. The predicted molar refractivity (Wildman–Crippen MR) is 120 cm³/mol. The molecule has 0 heterocycles. The predicted octanol–water partition coefficient (Wildman–Crippen LogP) is 4.38. The van der Waals surface area contributed by atoms with Gasteiger partial charge in [0.15, 0.2) is 0 Å². The van der Waals surface area contributed by atoms with Crippen molar-refractivity contribution in [3.8, 4) is 5.75 Å². The van der Waals surface area contributed by atoms with Gasteiger partial charge in [-0.3, -0.25) is 9.59 Å². The topological polar surface area (TPSA) is 105 Å². The molecule has 7 nitrogen and oxygen atoms in total. The molecule has 3 rings (SSSR count). The third kappa shape index (κ3) is 6.35. The van der Waals surface area contributed by atoms with Crippen LogP contribution in [0, 0.1) is 0 Å². The largest absolute Gasteiger partial charge is 0.497 e. The van der Waals surface area contributed by atoms with Crippen molar-refractivity contribution < 1.29 is 24.2 Å². The van der Waals surface area contributed by atoms with E-state index in [1.54, 1.807) is 54.6 Å². The lowest BCUT2D eigenvalue weighted by Crippen LogP contribution is -2.14. The minimum absolute atomic E-state index is 0.102. The van der Waals surface area contributed by atoms with Crippen LogP contribution in [0.25, 0.3) is 0 Å². The summed E-state index contributed by atoms with van der Waals surface area (Å²) in [6.45, 7) is 0. The van der Waals surface area contributed by atoms with Crippen molar-refractivity contribution >= 4 is 40.9 Å². The van der Waals surface area contributed by atoms with E-state index in [0.717, 1.165) is 4.90 Å². The summed E-state index contributed by atoms with van der Waals surface area (Å²) in [6, 6.07) is 20.1. The van der Waals surface area contributed by atoms with E-state index in [2.05, 4.69) is 10.6 Å². The monoisotopic (exact) mass is 436 g/mol. The van der Waals surface area contributed by atoms with Crippen molar-refractivity contribution in [1.29, 1.82) is 0 Å². The van der Waals surface area contributed by atoms with Gasteiger partial charge in [0.2, 0.25) is 5.91 Å². The van der Waals surface area contributed by atoms with E-state index in [-0.39, 0.29) is 23.1 Å². The van der Waals surface area contributed by atoms with Crippen LogP contribution < -0.4 is 15.4 Å². The molecule has 3 aromatic carbocycles. The van der Waals surface area contributed by atoms with Gasteiger partial charge in [-0.2, -0.15) is 0 Å². The normalized spacial score (nSPS) is 10.2. The van der Waals surface area contributed by atoms with Gasteiger partial charge < -0.3 is 20.5 Å². The minimum atomic E-state index is -1.06. The number of carbonyl (C=O) groups excluding carboxylic acids is 2. The molecule has 0 saturated heterocycles. The number of anilines is 2. The molecule has 0 radical (unpaired) electrons. The van der Waals surface area contributed by atoms with E-state index < -0.39 is 5.97 Å². The van der Waals surface area contributed by atoms with E-state index in [1.807, 2.05) is 6.07 Å². The number of nitrogens with one attached hydrogen (secondary N) is 2. The summed E-state index contributed by atoms with van der Waals surface area (Å²) < 4.78 is 5.14. The highest BCUT2D eigenvalue weighted by Gasteiger charge is 2.10. The Kier molecular flexibility index (Phi) is 7.29. The summed E-state index contributed by atoms with van der Waals surface area (Å²) in [5.41, 5.74) is 1.60. The summed E-state index contributed by atoms with van der Waals surface area (Å²) in [5.74, 6) is -0.865. The number of hydrogen-bond donors (Lipinski definition) is 3. The zero-order valence-corrected chi connectivity index (χ0v) is 17.4. The van der Waals surface area contributed by atoms with E-state index in [4.69, 9.17) is 9.84 Å². The summed E-state index contributed by atoms with van der Waals surface area (Å²) in [6.07, 6.45) is 0. The number of methoxy groups -OCH3 is 1. The average Bonchev–Trinajstić information content (AvgIpc) is 2.78. The first-order valence-corrected chi connectivity index (χ1v) is 10.2. The maximum atomic E-state index is 12.5. The summed E-state index contributed by atoms with van der Waals surface area (Å²) in [7, 11) is 1.54. The van der Waals surface area contributed by atoms with Gasteiger partial charge in [0.05, 0.1) is 18.4 Å². The van der Waals surface area contributed by atoms with Crippen LogP contribution in [-0.2, 0) is 4.79 Å². The molecule has 2 amide bonds. The molecule has 8 heteroatoms. The molecule has 3 aromatic rings. The number of carbonyl (C=O) groups is 3. The Hall–Kier alpha value is -3.78. The van der Waals surface area contributed by atoms with Crippen LogP contribution >= 0.6 is 11.8 Å². The van der Waals surface area contributed by atoms with E-state index in [1.165, 1.54) is 31.0 Å². The zero-order valence-electron chi connectivity index (χ0n) is 16.6. The molecule has 0 aromatic heterocycles. The van der Waals surface area contributed by atoms with Crippen LogP contribution in [0.3, 0.4) is 0 Å². The number of aromatic carboxylic acids is 1.